The Morgan fingerprint density at radius 2 is 1.44 bits per heavy atom. The van der Waals surface area contributed by atoms with E-state index in [1.807, 2.05) is 6.92 Å². The molecule has 0 aliphatic rings. The van der Waals surface area contributed by atoms with Gasteiger partial charge in [0.2, 0.25) is 0 Å². The lowest BCUT2D eigenvalue weighted by atomic mass is 10.3. The summed E-state index contributed by atoms with van der Waals surface area (Å²) in [7, 11) is -2.31. The molecule has 34 heavy (non-hydrogen) atoms. The molecule has 0 heterocycles. The molecule has 0 saturated heterocycles. The Kier molecular flexibility index (Phi) is 9.73. The number of anilines is 1. The zero-order valence-electron chi connectivity index (χ0n) is 20.2. The first-order valence-corrected chi connectivity index (χ1v) is 12.4. The Hall–Kier alpha value is -3.27. The van der Waals surface area contributed by atoms with Crippen LogP contribution in [-0.4, -0.2) is 64.6 Å². The molecule has 1 amide bonds. The van der Waals surface area contributed by atoms with E-state index < -0.39 is 16.0 Å². The summed E-state index contributed by atoms with van der Waals surface area (Å²) in [5.74, 6) is 0.148. The fourth-order valence-electron chi connectivity index (χ4n) is 3.06. The molecule has 0 aromatic heterocycles. The Balaban J connectivity index is 2.03. The van der Waals surface area contributed by atoms with Crippen LogP contribution in [0.4, 0.5) is 5.69 Å². The molecule has 0 saturated carbocycles. The van der Waals surface area contributed by atoms with Crippen LogP contribution >= 0.6 is 0 Å². The minimum Gasteiger partial charge on any atom is -0.494 e. The van der Waals surface area contributed by atoms with Crippen LogP contribution in [0.2, 0.25) is 0 Å². The van der Waals surface area contributed by atoms with Crippen LogP contribution in [0.15, 0.2) is 53.4 Å². The number of esters is 1. The maximum Gasteiger partial charge on any atom is 0.325 e. The van der Waals surface area contributed by atoms with Gasteiger partial charge in [0, 0.05) is 13.1 Å². The van der Waals surface area contributed by atoms with Gasteiger partial charge in [0.05, 0.1) is 23.8 Å². The molecule has 0 fully saturated rings. The molecule has 0 atom stereocenters. The van der Waals surface area contributed by atoms with E-state index in [4.69, 9.17) is 14.2 Å². The van der Waals surface area contributed by atoms with Crippen molar-refractivity contribution in [3.05, 3.63) is 48.5 Å². The van der Waals surface area contributed by atoms with E-state index in [1.165, 1.54) is 24.1 Å². The summed E-state index contributed by atoms with van der Waals surface area (Å²) in [6.07, 6.45) is 0. The highest BCUT2D eigenvalue weighted by Crippen LogP contribution is 2.25. The molecular formula is C24H32N2O7S. The van der Waals surface area contributed by atoms with Crippen molar-refractivity contribution in [2.45, 2.75) is 38.6 Å². The minimum atomic E-state index is -3.77. The van der Waals surface area contributed by atoms with Crippen molar-refractivity contribution in [3.63, 3.8) is 0 Å². The van der Waals surface area contributed by atoms with Gasteiger partial charge in [-0.1, -0.05) is 0 Å². The number of carbonyl (C=O) groups is 2. The van der Waals surface area contributed by atoms with Crippen LogP contribution in [0.25, 0.3) is 0 Å². The third-order valence-corrected chi connectivity index (χ3v) is 6.70. The average molecular weight is 493 g/mol. The first-order chi connectivity index (χ1) is 16.1. The van der Waals surface area contributed by atoms with Crippen molar-refractivity contribution in [1.82, 2.24) is 4.90 Å². The molecule has 186 valence electrons. The number of nitrogens with zero attached hydrogens (tertiary/aromatic N) is 2. The third-order valence-electron chi connectivity index (χ3n) is 4.90. The molecule has 0 aliphatic heterocycles. The fourth-order valence-corrected chi connectivity index (χ4v) is 4.25. The Morgan fingerprint density at radius 1 is 0.882 bits per heavy atom. The summed E-state index contributed by atoms with van der Waals surface area (Å²) in [6, 6.07) is 12.4. The summed E-state index contributed by atoms with van der Waals surface area (Å²) < 4.78 is 42.9. The van der Waals surface area contributed by atoms with E-state index >= 15 is 0 Å². The highest BCUT2D eigenvalue weighted by Gasteiger charge is 2.23. The van der Waals surface area contributed by atoms with Gasteiger partial charge in [-0.3, -0.25) is 13.9 Å². The van der Waals surface area contributed by atoms with E-state index in [9.17, 15) is 18.0 Å². The van der Waals surface area contributed by atoms with Crippen LogP contribution in [-0.2, 0) is 24.3 Å². The Morgan fingerprint density at radius 3 is 1.97 bits per heavy atom. The van der Waals surface area contributed by atoms with Gasteiger partial charge in [0.15, 0.2) is 6.61 Å². The second-order valence-electron chi connectivity index (χ2n) is 7.58. The third kappa shape index (κ3) is 7.11. The zero-order chi connectivity index (χ0) is 25.3. The zero-order valence-corrected chi connectivity index (χ0v) is 21.0. The van der Waals surface area contributed by atoms with Gasteiger partial charge < -0.3 is 19.1 Å². The highest BCUT2D eigenvalue weighted by atomic mass is 32.2. The summed E-state index contributed by atoms with van der Waals surface area (Å²) in [5, 5.41) is 0. The summed E-state index contributed by atoms with van der Waals surface area (Å²) >= 11 is 0. The van der Waals surface area contributed by atoms with Crippen molar-refractivity contribution in [1.29, 1.82) is 0 Å². The van der Waals surface area contributed by atoms with Crippen LogP contribution in [0, 0.1) is 0 Å². The molecule has 0 radical (unpaired) electrons. The summed E-state index contributed by atoms with van der Waals surface area (Å²) in [4.78, 5) is 25.8. The number of hydrogen-bond donors (Lipinski definition) is 0. The van der Waals surface area contributed by atoms with Gasteiger partial charge >= 0.3 is 5.97 Å². The number of ether oxygens (including phenoxy) is 3. The molecule has 0 spiro atoms. The van der Waals surface area contributed by atoms with Gasteiger partial charge in [-0.05, 0) is 76.2 Å². The van der Waals surface area contributed by atoms with Gasteiger partial charge in [0.25, 0.3) is 15.9 Å². The number of sulfonamides is 1. The topological polar surface area (TPSA) is 102 Å². The Labute approximate surface area is 201 Å². The van der Waals surface area contributed by atoms with Crippen molar-refractivity contribution >= 4 is 27.6 Å². The molecule has 0 aliphatic carbocycles. The maximum atomic E-state index is 12.9. The second kappa shape index (κ2) is 12.3. The minimum absolute atomic E-state index is 0.139. The predicted molar refractivity (Wildman–Crippen MR) is 129 cm³/mol. The molecule has 0 unspecified atom stereocenters. The van der Waals surface area contributed by atoms with Crippen LogP contribution in [0.3, 0.4) is 0 Å². The number of carbonyl (C=O) groups excluding carboxylic acids is 2. The SMILES string of the molecule is CCOC(=O)CN(C(=O)COc1ccc(N(C)S(=O)(=O)c2ccc(OCC)cc2)cc1)C(C)C. The van der Waals surface area contributed by atoms with Crippen molar-refractivity contribution < 1.29 is 32.2 Å². The molecule has 10 heteroatoms. The average Bonchev–Trinajstić information content (AvgIpc) is 2.81. The summed E-state index contributed by atoms with van der Waals surface area (Å²) in [6.45, 7) is 7.47. The molecule has 0 N–H and O–H groups in total. The number of benzene rings is 2. The largest absolute Gasteiger partial charge is 0.494 e. The van der Waals surface area contributed by atoms with E-state index in [0.717, 1.165) is 4.31 Å². The lowest BCUT2D eigenvalue weighted by Gasteiger charge is -2.25. The van der Waals surface area contributed by atoms with Crippen LogP contribution < -0.4 is 13.8 Å². The van der Waals surface area contributed by atoms with E-state index in [2.05, 4.69) is 0 Å². The standard InChI is InChI=1S/C24H32N2O7S/c1-6-31-20-12-14-22(15-13-20)34(29,30)25(5)19-8-10-21(11-9-19)33-17-23(27)26(18(3)4)16-24(28)32-7-2/h8-15,18H,6-7,16-17H2,1-5H3. The monoisotopic (exact) mass is 492 g/mol. The lowest BCUT2D eigenvalue weighted by molar-refractivity contribution is -0.150. The van der Waals surface area contributed by atoms with Gasteiger partial charge in [-0.25, -0.2) is 8.42 Å². The van der Waals surface area contributed by atoms with Crippen LogP contribution in [0.5, 0.6) is 11.5 Å². The van der Waals surface area contributed by atoms with Crippen LogP contribution in [0.1, 0.15) is 27.7 Å². The molecular weight excluding hydrogens is 460 g/mol. The number of rotatable bonds is 12. The number of amides is 1. The highest BCUT2D eigenvalue weighted by molar-refractivity contribution is 7.92. The van der Waals surface area contributed by atoms with E-state index in [0.29, 0.717) is 23.8 Å². The van der Waals surface area contributed by atoms with E-state index in [1.54, 1.807) is 57.2 Å². The quantitative estimate of drug-likeness (QED) is 0.420. The van der Waals surface area contributed by atoms with Crippen molar-refractivity contribution in [2.75, 3.05) is 37.7 Å². The molecule has 9 nitrogen and oxygen atoms in total. The maximum absolute atomic E-state index is 12.9. The van der Waals surface area contributed by atoms with Gasteiger partial charge in [-0.15, -0.1) is 0 Å². The van der Waals surface area contributed by atoms with E-state index in [-0.39, 0.29) is 36.6 Å². The lowest BCUT2D eigenvalue weighted by Crippen LogP contribution is -2.43. The normalized spacial score (nSPS) is 11.1. The predicted octanol–water partition coefficient (Wildman–Crippen LogP) is 3.09. The second-order valence-corrected chi connectivity index (χ2v) is 9.55. The number of hydrogen-bond acceptors (Lipinski definition) is 7. The molecule has 2 aromatic carbocycles. The van der Waals surface area contributed by atoms with Gasteiger partial charge in [0.1, 0.15) is 18.0 Å². The Bertz CT molecular complexity index is 1050. The fraction of sp³-hybridized carbons (Fsp3) is 0.417. The van der Waals surface area contributed by atoms with Crippen molar-refractivity contribution in [3.8, 4) is 11.5 Å². The molecule has 0 bridgehead atoms. The van der Waals surface area contributed by atoms with Crippen molar-refractivity contribution in [2.24, 2.45) is 0 Å². The summed E-state index contributed by atoms with van der Waals surface area (Å²) in [5.41, 5.74) is 0.429. The smallest absolute Gasteiger partial charge is 0.325 e. The first-order valence-electron chi connectivity index (χ1n) is 11.0. The molecule has 2 aromatic rings. The molecule has 2 rings (SSSR count). The first kappa shape index (κ1) is 27.0. The van der Waals surface area contributed by atoms with Gasteiger partial charge in [-0.2, -0.15) is 0 Å².